The van der Waals surface area contributed by atoms with Crippen LogP contribution in [0, 0.1) is 0 Å². The van der Waals surface area contributed by atoms with Gasteiger partial charge in [-0.1, -0.05) is 19.9 Å². The highest BCUT2D eigenvalue weighted by molar-refractivity contribution is 5.87. The molecular formula is C13H17F7O2. The van der Waals surface area contributed by atoms with Crippen molar-refractivity contribution in [3.05, 3.63) is 12.2 Å². The number of carbonyl (C=O) groups is 1. The first-order valence-electron chi connectivity index (χ1n) is 6.31. The molecule has 1 atom stereocenters. The number of ether oxygens (including phenoxy) is 1. The standard InChI is InChI=1S/C13H17F7O2/c1-5-6-10(4,22-9(21)8(2)3)7-11(14,12(15,16)17)13(18,19)20/h2,5-7H2,1,3-4H3. The molecule has 22 heavy (non-hydrogen) atoms. The zero-order valence-electron chi connectivity index (χ0n) is 12.3. The number of halogens is 7. The molecule has 130 valence electrons. The van der Waals surface area contributed by atoms with Crippen molar-refractivity contribution < 1.29 is 40.3 Å². The fourth-order valence-corrected chi connectivity index (χ4v) is 1.89. The molecule has 9 heteroatoms. The minimum Gasteiger partial charge on any atom is -0.456 e. The Balaban J connectivity index is 5.69. The van der Waals surface area contributed by atoms with Gasteiger partial charge < -0.3 is 4.74 Å². The molecule has 0 amide bonds. The van der Waals surface area contributed by atoms with Gasteiger partial charge in [-0.3, -0.25) is 0 Å². The first-order valence-corrected chi connectivity index (χ1v) is 6.31. The van der Waals surface area contributed by atoms with Crippen LogP contribution in [0.2, 0.25) is 0 Å². The van der Waals surface area contributed by atoms with Crippen molar-refractivity contribution in [2.75, 3.05) is 0 Å². The van der Waals surface area contributed by atoms with Crippen molar-refractivity contribution in [3.63, 3.8) is 0 Å². The Morgan fingerprint density at radius 2 is 1.45 bits per heavy atom. The molecule has 0 N–H and O–H groups in total. The van der Waals surface area contributed by atoms with E-state index in [0.717, 1.165) is 6.92 Å². The summed E-state index contributed by atoms with van der Waals surface area (Å²) in [7, 11) is 0. The van der Waals surface area contributed by atoms with Gasteiger partial charge in [-0.2, -0.15) is 26.3 Å². The van der Waals surface area contributed by atoms with E-state index in [2.05, 4.69) is 11.3 Å². The highest BCUT2D eigenvalue weighted by Crippen LogP contribution is 2.51. The molecule has 0 spiro atoms. The lowest BCUT2D eigenvalue weighted by molar-refractivity contribution is -0.351. The smallest absolute Gasteiger partial charge is 0.431 e. The predicted molar refractivity (Wildman–Crippen MR) is 64.8 cm³/mol. The van der Waals surface area contributed by atoms with Crippen LogP contribution in [0.15, 0.2) is 12.2 Å². The second kappa shape index (κ2) is 6.45. The third-order valence-electron chi connectivity index (χ3n) is 2.98. The highest BCUT2D eigenvalue weighted by atomic mass is 19.4. The largest absolute Gasteiger partial charge is 0.456 e. The molecule has 0 fully saturated rings. The van der Waals surface area contributed by atoms with Crippen molar-refractivity contribution in [2.24, 2.45) is 0 Å². The third-order valence-corrected chi connectivity index (χ3v) is 2.98. The van der Waals surface area contributed by atoms with Crippen LogP contribution in [0.5, 0.6) is 0 Å². The number of hydrogen-bond donors (Lipinski definition) is 0. The minimum absolute atomic E-state index is 0.0891. The normalized spacial score (nSPS) is 16.1. The Hall–Kier alpha value is -1.28. The summed E-state index contributed by atoms with van der Waals surface area (Å²) in [5.41, 5.74) is -7.96. The van der Waals surface area contributed by atoms with Crippen LogP contribution in [-0.4, -0.2) is 29.6 Å². The maximum absolute atomic E-state index is 13.8. The molecule has 0 aliphatic rings. The van der Waals surface area contributed by atoms with Gasteiger partial charge in [0.1, 0.15) is 5.60 Å². The molecule has 0 aromatic rings. The molecule has 2 nitrogen and oxygen atoms in total. The average molecular weight is 338 g/mol. The summed E-state index contributed by atoms with van der Waals surface area (Å²) >= 11 is 0. The van der Waals surface area contributed by atoms with E-state index in [1.54, 1.807) is 0 Å². The lowest BCUT2D eigenvalue weighted by Crippen LogP contribution is -2.57. The van der Waals surface area contributed by atoms with Crippen molar-refractivity contribution in [2.45, 2.75) is 63.7 Å². The van der Waals surface area contributed by atoms with E-state index in [9.17, 15) is 35.5 Å². The Kier molecular flexibility index (Phi) is 6.08. The van der Waals surface area contributed by atoms with Gasteiger partial charge in [0.15, 0.2) is 0 Å². The maximum atomic E-state index is 13.8. The van der Waals surface area contributed by atoms with E-state index in [-0.39, 0.29) is 18.4 Å². The summed E-state index contributed by atoms with van der Waals surface area (Å²) in [4.78, 5) is 11.4. The zero-order chi connectivity index (χ0) is 18.0. The average Bonchev–Trinajstić information content (AvgIpc) is 2.25. The van der Waals surface area contributed by atoms with E-state index in [1.807, 2.05) is 0 Å². The van der Waals surface area contributed by atoms with Crippen LogP contribution in [0.4, 0.5) is 30.7 Å². The van der Waals surface area contributed by atoms with E-state index in [0.29, 0.717) is 0 Å². The highest BCUT2D eigenvalue weighted by Gasteiger charge is 2.74. The van der Waals surface area contributed by atoms with Crippen LogP contribution in [0.1, 0.15) is 40.0 Å². The number of hydrogen-bond acceptors (Lipinski definition) is 2. The molecule has 0 aliphatic heterocycles. The summed E-state index contributed by atoms with van der Waals surface area (Å²) in [6.07, 6.45) is -14.7. The van der Waals surface area contributed by atoms with E-state index >= 15 is 0 Å². The molecule has 0 aliphatic carbocycles. The topological polar surface area (TPSA) is 26.3 Å². The van der Waals surface area contributed by atoms with Crippen LogP contribution in [0.3, 0.4) is 0 Å². The van der Waals surface area contributed by atoms with E-state index in [4.69, 9.17) is 0 Å². The number of rotatable bonds is 6. The second-order valence-electron chi connectivity index (χ2n) is 5.34. The second-order valence-corrected chi connectivity index (χ2v) is 5.34. The SMILES string of the molecule is C=C(C)C(=O)OC(C)(CCC)CC(F)(C(F)(F)F)C(F)(F)F. The Morgan fingerprint density at radius 3 is 1.73 bits per heavy atom. The molecule has 0 aromatic heterocycles. The molecule has 0 saturated carbocycles. The van der Waals surface area contributed by atoms with Gasteiger partial charge in [0.25, 0.3) is 0 Å². The molecule has 0 heterocycles. The van der Waals surface area contributed by atoms with Gasteiger partial charge in [-0.15, -0.1) is 0 Å². The van der Waals surface area contributed by atoms with E-state index in [1.165, 1.54) is 13.8 Å². The predicted octanol–water partition coefficient (Wildman–Crippen LogP) is 4.89. The summed E-state index contributed by atoms with van der Waals surface area (Å²) in [5, 5.41) is 0. The summed E-state index contributed by atoms with van der Waals surface area (Å²) < 4.78 is 94.1. The maximum Gasteiger partial charge on any atom is 0.431 e. The number of alkyl halides is 7. The lowest BCUT2D eigenvalue weighted by Gasteiger charge is -2.38. The summed E-state index contributed by atoms with van der Waals surface area (Å²) in [5.74, 6) is -1.18. The van der Waals surface area contributed by atoms with Crippen molar-refractivity contribution in [3.8, 4) is 0 Å². The fourth-order valence-electron chi connectivity index (χ4n) is 1.89. The molecule has 1 unspecified atom stereocenters. The Labute approximate surface area is 123 Å². The van der Waals surface area contributed by atoms with Gasteiger partial charge in [0.2, 0.25) is 0 Å². The van der Waals surface area contributed by atoms with Gasteiger partial charge in [-0.25, -0.2) is 9.18 Å². The molecule has 0 aromatic carbocycles. The molecule has 0 saturated heterocycles. The monoisotopic (exact) mass is 338 g/mol. The minimum atomic E-state index is -6.18. The fraction of sp³-hybridized carbons (Fsp3) is 0.769. The number of carbonyl (C=O) groups excluding carboxylic acids is 1. The van der Waals surface area contributed by atoms with Crippen molar-refractivity contribution in [1.82, 2.24) is 0 Å². The molecule has 0 radical (unpaired) electrons. The van der Waals surface area contributed by atoms with E-state index < -0.39 is 36.0 Å². The van der Waals surface area contributed by atoms with Crippen LogP contribution >= 0.6 is 0 Å². The zero-order valence-corrected chi connectivity index (χ0v) is 12.3. The number of esters is 1. The van der Waals surface area contributed by atoms with Gasteiger partial charge >= 0.3 is 24.0 Å². The van der Waals surface area contributed by atoms with Crippen molar-refractivity contribution in [1.29, 1.82) is 0 Å². The molecule has 0 rings (SSSR count). The summed E-state index contributed by atoms with van der Waals surface area (Å²) in [6.45, 7) is 6.64. The Bertz CT molecular complexity index is 411. The third kappa shape index (κ3) is 4.61. The van der Waals surface area contributed by atoms with Crippen LogP contribution in [0.25, 0.3) is 0 Å². The first-order chi connectivity index (χ1) is 9.59. The van der Waals surface area contributed by atoms with Crippen LogP contribution in [-0.2, 0) is 9.53 Å². The lowest BCUT2D eigenvalue weighted by atomic mass is 9.85. The van der Waals surface area contributed by atoms with Gasteiger partial charge in [-0.05, 0) is 20.3 Å². The molecular weight excluding hydrogens is 321 g/mol. The van der Waals surface area contributed by atoms with Gasteiger partial charge in [0, 0.05) is 12.0 Å². The summed E-state index contributed by atoms with van der Waals surface area (Å²) in [6, 6.07) is 0. The van der Waals surface area contributed by atoms with Gasteiger partial charge in [0.05, 0.1) is 0 Å². The first kappa shape index (κ1) is 20.7. The molecule has 0 bridgehead atoms. The van der Waals surface area contributed by atoms with Crippen molar-refractivity contribution >= 4 is 5.97 Å². The van der Waals surface area contributed by atoms with Crippen LogP contribution < -0.4 is 0 Å². The quantitative estimate of drug-likeness (QED) is 0.392. The Morgan fingerprint density at radius 1 is 1.05 bits per heavy atom.